The molecule has 3 nitrogen and oxygen atoms in total. The van der Waals surface area contributed by atoms with E-state index in [1.807, 2.05) is 7.05 Å². The number of carbonyl (C=O) groups excluding carboxylic acids is 1. The summed E-state index contributed by atoms with van der Waals surface area (Å²) in [5, 5.41) is 0. The highest BCUT2D eigenvalue weighted by Crippen LogP contribution is 2.19. The summed E-state index contributed by atoms with van der Waals surface area (Å²) in [6.07, 6.45) is 17.7. The van der Waals surface area contributed by atoms with E-state index in [4.69, 9.17) is 4.74 Å². The van der Waals surface area contributed by atoms with Crippen molar-refractivity contribution in [1.82, 2.24) is 4.90 Å². The van der Waals surface area contributed by atoms with Gasteiger partial charge in [-0.15, -0.1) is 0 Å². The maximum Gasteiger partial charge on any atom is 0.323 e. The van der Waals surface area contributed by atoms with E-state index in [9.17, 15) is 4.79 Å². The van der Waals surface area contributed by atoms with Gasteiger partial charge in [-0.3, -0.25) is 9.69 Å². The zero-order chi connectivity index (χ0) is 17.6. The van der Waals surface area contributed by atoms with Gasteiger partial charge in [0, 0.05) is 0 Å². The first kappa shape index (κ1) is 21.5. The summed E-state index contributed by atoms with van der Waals surface area (Å²) in [5.41, 5.74) is 0. The van der Waals surface area contributed by atoms with Gasteiger partial charge in [0.05, 0.1) is 0 Å². The fourth-order valence-corrected chi connectivity index (χ4v) is 3.66. The standard InChI is InChI=1S/C21H41NO2/c1-4-6-7-8-9-10-11-12-13-14-16-19(5-2)24-21(23)20-17-15-18-22(20)3/h19-20H,4-18H2,1-3H3. The lowest BCUT2D eigenvalue weighted by atomic mass is 10.0. The van der Waals surface area contributed by atoms with Crippen molar-refractivity contribution in [2.24, 2.45) is 0 Å². The summed E-state index contributed by atoms with van der Waals surface area (Å²) in [6.45, 7) is 5.43. The molecule has 1 rings (SSSR count). The highest BCUT2D eigenvalue weighted by Gasteiger charge is 2.30. The minimum Gasteiger partial charge on any atom is -0.461 e. The number of hydrogen-bond acceptors (Lipinski definition) is 3. The van der Waals surface area contributed by atoms with Gasteiger partial charge in [0.1, 0.15) is 12.1 Å². The van der Waals surface area contributed by atoms with E-state index in [0.29, 0.717) is 0 Å². The van der Waals surface area contributed by atoms with Crippen LogP contribution in [0.5, 0.6) is 0 Å². The van der Waals surface area contributed by atoms with Gasteiger partial charge in [0.2, 0.25) is 0 Å². The van der Waals surface area contributed by atoms with Crippen molar-refractivity contribution in [3.8, 4) is 0 Å². The van der Waals surface area contributed by atoms with Crippen LogP contribution in [0.3, 0.4) is 0 Å². The van der Waals surface area contributed by atoms with Crippen LogP contribution in [0, 0.1) is 0 Å². The zero-order valence-electron chi connectivity index (χ0n) is 16.5. The van der Waals surface area contributed by atoms with Gasteiger partial charge in [0.25, 0.3) is 0 Å². The van der Waals surface area contributed by atoms with Crippen molar-refractivity contribution in [2.75, 3.05) is 13.6 Å². The number of hydrogen-bond donors (Lipinski definition) is 0. The van der Waals surface area contributed by atoms with E-state index < -0.39 is 0 Å². The number of carbonyl (C=O) groups is 1. The Balaban J connectivity index is 2.00. The molecular weight excluding hydrogens is 298 g/mol. The molecule has 0 bridgehead atoms. The van der Waals surface area contributed by atoms with Gasteiger partial charge in [-0.25, -0.2) is 0 Å². The summed E-state index contributed by atoms with van der Waals surface area (Å²) in [5.74, 6) is 0.00827. The Morgan fingerprint density at radius 3 is 2.08 bits per heavy atom. The quantitative estimate of drug-likeness (QED) is 0.300. The molecular formula is C21H41NO2. The Hall–Kier alpha value is -0.570. The molecule has 2 unspecified atom stereocenters. The number of ether oxygens (including phenoxy) is 1. The number of nitrogens with zero attached hydrogens (tertiary/aromatic N) is 1. The minimum atomic E-state index is 0.00626. The van der Waals surface area contributed by atoms with Crippen molar-refractivity contribution in [3.05, 3.63) is 0 Å². The van der Waals surface area contributed by atoms with E-state index in [1.54, 1.807) is 0 Å². The summed E-state index contributed by atoms with van der Waals surface area (Å²) in [7, 11) is 2.03. The van der Waals surface area contributed by atoms with Crippen LogP contribution in [0.15, 0.2) is 0 Å². The van der Waals surface area contributed by atoms with Gasteiger partial charge in [-0.2, -0.15) is 0 Å². The molecule has 0 aromatic carbocycles. The lowest BCUT2D eigenvalue weighted by Gasteiger charge is -2.22. The third-order valence-corrected chi connectivity index (χ3v) is 5.41. The number of unbranched alkanes of at least 4 members (excludes halogenated alkanes) is 9. The Bertz CT molecular complexity index is 319. The van der Waals surface area contributed by atoms with E-state index in [-0.39, 0.29) is 18.1 Å². The predicted octanol–water partition coefficient (Wildman–Crippen LogP) is 5.71. The highest BCUT2D eigenvalue weighted by atomic mass is 16.5. The fraction of sp³-hybridized carbons (Fsp3) is 0.952. The van der Waals surface area contributed by atoms with Crippen LogP contribution in [0.2, 0.25) is 0 Å². The SMILES string of the molecule is CCCCCCCCCCCCC(CC)OC(=O)C1CCCN1C. The molecule has 0 radical (unpaired) electrons. The molecule has 3 heteroatoms. The molecule has 0 aromatic rings. The van der Waals surface area contributed by atoms with E-state index >= 15 is 0 Å². The second kappa shape index (κ2) is 13.7. The van der Waals surface area contributed by atoms with Crippen LogP contribution in [-0.4, -0.2) is 36.6 Å². The van der Waals surface area contributed by atoms with Crippen molar-refractivity contribution in [2.45, 2.75) is 116 Å². The molecule has 0 N–H and O–H groups in total. The molecule has 1 aliphatic heterocycles. The Morgan fingerprint density at radius 2 is 1.58 bits per heavy atom. The van der Waals surface area contributed by atoms with Crippen LogP contribution >= 0.6 is 0 Å². The van der Waals surface area contributed by atoms with Crippen molar-refractivity contribution in [3.63, 3.8) is 0 Å². The third kappa shape index (κ3) is 9.05. The fourth-order valence-electron chi connectivity index (χ4n) is 3.66. The Kier molecular flexibility index (Phi) is 12.2. The van der Waals surface area contributed by atoms with Gasteiger partial charge in [0.15, 0.2) is 0 Å². The number of esters is 1. The molecule has 1 heterocycles. The van der Waals surface area contributed by atoms with E-state index in [2.05, 4.69) is 18.7 Å². The van der Waals surface area contributed by atoms with Crippen LogP contribution in [0.25, 0.3) is 0 Å². The van der Waals surface area contributed by atoms with Crippen molar-refractivity contribution >= 4 is 5.97 Å². The Morgan fingerprint density at radius 1 is 1.00 bits per heavy atom. The number of likely N-dealkylation sites (tertiary alicyclic amines) is 1. The largest absolute Gasteiger partial charge is 0.461 e. The zero-order valence-corrected chi connectivity index (χ0v) is 16.5. The monoisotopic (exact) mass is 339 g/mol. The van der Waals surface area contributed by atoms with Gasteiger partial charge >= 0.3 is 5.97 Å². The normalized spacial score (nSPS) is 19.5. The van der Waals surface area contributed by atoms with E-state index in [1.165, 1.54) is 64.2 Å². The summed E-state index contributed by atoms with van der Waals surface area (Å²) < 4.78 is 5.76. The summed E-state index contributed by atoms with van der Waals surface area (Å²) in [4.78, 5) is 14.4. The lowest BCUT2D eigenvalue weighted by molar-refractivity contribution is -0.154. The first-order chi connectivity index (χ1) is 11.7. The van der Waals surface area contributed by atoms with Crippen molar-refractivity contribution < 1.29 is 9.53 Å². The molecule has 1 fully saturated rings. The predicted molar refractivity (Wildman–Crippen MR) is 102 cm³/mol. The molecule has 1 saturated heterocycles. The molecule has 1 aliphatic rings. The molecule has 0 aliphatic carbocycles. The molecule has 142 valence electrons. The van der Waals surface area contributed by atoms with Crippen LogP contribution in [0.1, 0.15) is 104 Å². The van der Waals surface area contributed by atoms with Crippen LogP contribution < -0.4 is 0 Å². The molecule has 2 atom stereocenters. The second-order valence-electron chi connectivity index (χ2n) is 7.58. The first-order valence-corrected chi connectivity index (χ1v) is 10.6. The average Bonchev–Trinajstić information content (AvgIpc) is 3.01. The lowest BCUT2D eigenvalue weighted by Crippen LogP contribution is -2.36. The minimum absolute atomic E-state index is 0.00626. The molecule has 0 spiro atoms. The molecule has 0 amide bonds. The van der Waals surface area contributed by atoms with Gasteiger partial charge < -0.3 is 4.74 Å². The maximum absolute atomic E-state index is 12.2. The van der Waals surface area contributed by atoms with Crippen LogP contribution in [0.4, 0.5) is 0 Å². The van der Waals surface area contributed by atoms with Gasteiger partial charge in [-0.1, -0.05) is 71.6 Å². The topological polar surface area (TPSA) is 29.5 Å². The molecule has 0 saturated carbocycles. The van der Waals surface area contributed by atoms with E-state index in [0.717, 1.165) is 32.2 Å². The smallest absolute Gasteiger partial charge is 0.323 e. The highest BCUT2D eigenvalue weighted by molar-refractivity contribution is 5.76. The summed E-state index contributed by atoms with van der Waals surface area (Å²) in [6, 6.07) is 0.00626. The summed E-state index contributed by atoms with van der Waals surface area (Å²) >= 11 is 0. The van der Waals surface area contributed by atoms with Crippen molar-refractivity contribution in [1.29, 1.82) is 0 Å². The van der Waals surface area contributed by atoms with Crippen LogP contribution in [-0.2, 0) is 9.53 Å². The number of rotatable bonds is 14. The second-order valence-corrected chi connectivity index (χ2v) is 7.58. The average molecular weight is 340 g/mol. The molecule has 24 heavy (non-hydrogen) atoms. The van der Waals surface area contributed by atoms with Gasteiger partial charge in [-0.05, 0) is 45.7 Å². The maximum atomic E-state index is 12.2. The first-order valence-electron chi connectivity index (χ1n) is 10.6. The molecule has 0 aromatic heterocycles. The third-order valence-electron chi connectivity index (χ3n) is 5.41. The Labute approximate surface area is 150 Å². The number of likely N-dealkylation sites (N-methyl/N-ethyl adjacent to an activating group) is 1.